The molecule has 3 saturated heterocycles. The lowest BCUT2D eigenvalue weighted by Gasteiger charge is -2.35. The van der Waals surface area contributed by atoms with E-state index in [-0.39, 0.29) is 50.1 Å². The first-order valence-electron chi connectivity index (χ1n) is 26.1. The number of primary amides is 1. The molecule has 3 heterocycles. The molecule has 17 atom stereocenters. The highest BCUT2D eigenvalue weighted by molar-refractivity contribution is 5.97. The third kappa shape index (κ3) is 16.5. The second-order valence-corrected chi connectivity index (χ2v) is 20.7. The van der Waals surface area contributed by atoms with E-state index < -0.39 is 140 Å². The van der Waals surface area contributed by atoms with Gasteiger partial charge >= 0.3 is 0 Å². The van der Waals surface area contributed by atoms with Crippen LogP contribution in [-0.4, -0.2) is 206 Å². The number of hydrogen-bond donors (Lipinski definition) is 15. The molecule has 3 fully saturated rings. The molecule has 24 nitrogen and oxygen atoms in total. The van der Waals surface area contributed by atoms with E-state index in [2.05, 4.69) is 36.7 Å². The van der Waals surface area contributed by atoms with Gasteiger partial charge in [-0.2, -0.15) is 0 Å². The fraction of sp³-hybridized carbons (Fsp3) is 0.760. The standard InChI is InChI=1S/C50H84N8O16/c1-5-26(2)22-27(3)12-10-8-6-7-9-11-13-37(65)58-33(24-36(64)48(58)72)46(70)53-38(28(4)59)49(73)57-25-31(61)23-32(57)45(69)55-40(43(67)42(66)29-14-16-30(60)17-15-29)47(71)54-39(34(62)18-20-51)50(74)56-21-19-35(63)41(56)44(52)68/h14-17,26-28,31-43,48,59-67,72H,5-13,18-25,51H2,1-4H3,(H2,52,68)(H,53,70)(H,54,71)(H,55,69)/t26?,27?,28-,31-,32+,33-,34-,35+,36-,37?,38+,39+,40+,41+,42+,43+,48?/m1/s1. The predicted octanol–water partition coefficient (Wildman–Crippen LogP) is -2.99. The average Bonchev–Trinajstić information content (AvgIpc) is 4.04. The second kappa shape index (κ2) is 29.1. The average molecular weight is 1050 g/mol. The summed E-state index contributed by atoms with van der Waals surface area (Å²) >= 11 is 0. The number of hydrogen-bond acceptors (Lipinski definition) is 18. The largest absolute Gasteiger partial charge is 0.508 e. The molecule has 1 aromatic rings. The van der Waals surface area contributed by atoms with Gasteiger partial charge in [0.25, 0.3) is 0 Å². The summed E-state index contributed by atoms with van der Waals surface area (Å²) in [5.74, 6) is -5.68. The molecule has 4 unspecified atom stereocenters. The maximum atomic E-state index is 14.3. The van der Waals surface area contributed by atoms with Crippen LogP contribution in [0.5, 0.6) is 5.75 Å². The van der Waals surface area contributed by atoms with Crippen LogP contribution in [0, 0.1) is 11.8 Å². The first kappa shape index (κ1) is 61.9. The number of likely N-dealkylation sites (tertiary alicyclic amines) is 3. The maximum absolute atomic E-state index is 14.3. The van der Waals surface area contributed by atoms with Crippen LogP contribution in [0.25, 0.3) is 0 Å². The number of β-amino-alcohol motifs (C(OH)–C–C–N with tert-alkyl or cyclic N) is 1. The summed E-state index contributed by atoms with van der Waals surface area (Å²) in [5, 5.41) is 116. The monoisotopic (exact) mass is 1050 g/mol. The lowest BCUT2D eigenvalue weighted by atomic mass is 9.91. The van der Waals surface area contributed by atoms with E-state index in [4.69, 9.17) is 11.5 Å². The van der Waals surface area contributed by atoms with Crippen molar-refractivity contribution in [1.29, 1.82) is 0 Å². The topological polar surface area (TPSA) is 403 Å². The highest BCUT2D eigenvalue weighted by Gasteiger charge is 2.50. The van der Waals surface area contributed by atoms with Gasteiger partial charge in [0.1, 0.15) is 60.6 Å². The van der Waals surface area contributed by atoms with E-state index in [1.54, 1.807) is 0 Å². The summed E-state index contributed by atoms with van der Waals surface area (Å²) in [6.45, 7) is 6.95. The third-order valence-electron chi connectivity index (χ3n) is 14.8. The van der Waals surface area contributed by atoms with E-state index in [1.165, 1.54) is 31.4 Å². The molecule has 6 amide bonds. The van der Waals surface area contributed by atoms with Gasteiger partial charge in [-0.15, -0.1) is 0 Å². The molecule has 0 spiro atoms. The van der Waals surface area contributed by atoms with Crippen molar-refractivity contribution in [2.24, 2.45) is 23.3 Å². The van der Waals surface area contributed by atoms with Crippen molar-refractivity contribution in [3.05, 3.63) is 29.8 Å². The Bertz CT molecular complexity index is 1990. The smallest absolute Gasteiger partial charge is 0.248 e. The first-order chi connectivity index (χ1) is 34.9. The van der Waals surface area contributed by atoms with Crippen LogP contribution in [0.2, 0.25) is 0 Å². The Morgan fingerprint density at radius 2 is 1.28 bits per heavy atom. The molecule has 0 saturated carbocycles. The minimum atomic E-state index is -2.28. The Kier molecular flexibility index (Phi) is 24.3. The zero-order valence-corrected chi connectivity index (χ0v) is 43.1. The number of nitrogens with zero attached hydrogens (tertiary/aromatic N) is 3. The van der Waals surface area contributed by atoms with Crippen molar-refractivity contribution >= 4 is 35.4 Å². The van der Waals surface area contributed by atoms with Gasteiger partial charge in [-0.1, -0.05) is 77.8 Å². The zero-order valence-electron chi connectivity index (χ0n) is 43.1. The van der Waals surface area contributed by atoms with Crippen LogP contribution in [0.4, 0.5) is 0 Å². The fourth-order valence-corrected chi connectivity index (χ4v) is 10.3. The number of carbonyl (C=O) groups is 6. The lowest BCUT2D eigenvalue weighted by Crippen LogP contribution is -2.64. The van der Waals surface area contributed by atoms with Crippen molar-refractivity contribution in [2.45, 2.75) is 209 Å². The van der Waals surface area contributed by atoms with Crippen LogP contribution >= 0.6 is 0 Å². The Labute approximate surface area is 432 Å². The van der Waals surface area contributed by atoms with E-state index in [0.717, 1.165) is 65.9 Å². The van der Waals surface area contributed by atoms with E-state index in [9.17, 15) is 79.8 Å². The molecular formula is C50H84N8O16. The lowest BCUT2D eigenvalue weighted by molar-refractivity contribution is -0.151. The molecule has 74 heavy (non-hydrogen) atoms. The fourth-order valence-electron chi connectivity index (χ4n) is 10.3. The zero-order chi connectivity index (χ0) is 55.1. The number of unbranched alkanes of at least 4 members (excludes halogenated alkanes) is 5. The molecule has 17 N–H and O–H groups in total. The summed E-state index contributed by atoms with van der Waals surface area (Å²) < 4.78 is 0. The quantitative estimate of drug-likeness (QED) is 0.0356. The van der Waals surface area contributed by atoms with Gasteiger partial charge < -0.3 is 88.3 Å². The van der Waals surface area contributed by atoms with Crippen LogP contribution in [0.3, 0.4) is 0 Å². The minimum Gasteiger partial charge on any atom is -0.508 e. The third-order valence-corrected chi connectivity index (χ3v) is 14.8. The van der Waals surface area contributed by atoms with Gasteiger partial charge in [0.05, 0.1) is 36.6 Å². The highest BCUT2D eigenvalue weighted by Crippen LogP contribution is 2.30. The van der Waals surface area contributed by atoms with Gasteiger partial charge in [-0.05, 0) is 75.1 Å². The molecule has 0 aliphatic carbocycles. The Morgan fingerprint density at radius 3 is 1.88 bits per heavy atom. The van der Waals surface area contributed by atoms with Crippen LogP contribution in [-0.2, 0) is 28.8 Å². The maximum Gasteiger partial charge on any atom is 0.248 e. The molecule has 4 rings (SSSR count). The first-order valence-corrected chi connectivity index (χ1v) is 26.1. The van der Waals surface area contributed by atoms with Crippen LogP contribution in [0.1, 0.15) is 129 Å². The number of amides is 6. The number of carbonyl (C=O) groups excluding carboxylic acids is 6. The molecule has 420 valence electrons. The van der Waals surface area contributed by atoms with E-state index in [1.807, 2.05) is 0 Å². The van der Waals surface area contributed by atoms with Crippen molar-refractivity contribution in [1.82, 2.24) is 30.7 Å². The number of benzene rings is 1. The van der Waals surface area contributed by atoms with Gasteiger partial charge in [0, 0.05) is 25.9 Å². The van der Waals surface area contributed by atoms with Crippen LogP contribution < -0.4 is 27.4 Å². The summed E-state index contributed by atoms with van der Waals surface area (Å²) in [5.41, 5.74) is 11.0. The Morgan fingerprint density at radius 1 is 0.703 bits per heavy atom. The van der Waals surface area contributed by atoms with Crippen molar-refractivity contribution in [3.63, 3.8) is 0 Å². The Hall–Kier alpha value is -4.60. The number of aromatic hydroxyl groups is 1. The van der Waals surface area contributed by atoms with Crippen molar-refractivity contribution in [2.75, 3.05) is 19.6 Å². The van der Waals surface area contributed by atoms with Gasteiger partial charge in [-0.25, -0.2) is 4.90 Å². The van der Waals surface area contributed by atoms with Crippen molar-refractivity contribution < 1.29 is 79.8 Å². The van der Waals surface area contributed by atoms with Gasteiger partial charge in [0.2, 0.25) is 35.4 Å². The van der Waals surface area contributed by atoms with Gasteiger partial charge in [0.15, 0.2) is 0 Å². The van der Waals surface area contributed by atoms with E-state index in [0.29, 0.717) is 18.3 Å². The van der Waals surface area contributed by atoms with E-state index >= 15 is 0 Å². The molecule has 24 heteroatoms. The normalized spacial score (nSPS) is 26.3. The number of aliphatic hydroxyl groups excluding tert-OH is 9. The second-order valence-electron chi connectivity index (χ2n) is 20.7. The number of nitrogens with one attached hydrogen (secondary N) is 3. The number of nitrogens with two attached hydrogens (primary N) is 2. The highest BCUT2D eigenvalue weighted by atomic mass is 16.4. The summed E-state index contributed by atoms with van der Waals surface area (Å²) in [6, 6.07) is -5.87. The number of phenolic OH excluding ortho intramolecular Hbond substituents is 1. The molecule has 0 radical (unpaired) electrons. The summed E-state index contributed by atoms with van der Waals surface area (Å²) in [6.07, 6.45) is -6.94. The Balaban J connectivity index is 1.50. The SMILES string of the molecule is CCC(C)CC(C)CCCCCCCCC(O)N1C(O)[C@H](O)C[C@@H]1C(=O)N[C@H](C(=O)N1C[C@H](O)C[C@H]1C(=O)N[C@H](C(=O)N[C@H](C(=O)N1CC[C@H](O)[C@H]1C(N)=O)[C@H](O)CCN)[C@H](O)[C@@H](O)c1ccc(O)cc1)[C@@H](C)O. The number of phenols is 1. The number of aliphatic hydroxyl groups is 9. The predicted molar refractivity (Wildman–Crippen MR) is 266 cm³/mol. The molecule has 3 aliphatic rings. The van der Waals surface area contributed by atoms with Crippen LogP contribution in [0.15, 0.2) is 24.3 Å². The number of rotatable bonds is 29. The van der Waals surface area contributed by atoms with Crippen molar-refractivity contribution in [3.8, 4) is 5.75 Å². The minimum absolute atomic E-state index is 0.0657. The molecule has 0 aromatic heterocycles. The summed E-state index contributed by atoms with van der Waals surface area (Å²) in [4.78, 5) is 85.8. The molecule has 1 aromatic carbocycles. The molecule has 3 aliphatic heterocycles. The molecular weight excluding hydrogens is 969 g/mol. The van der Waals surface area contributed by atoms with Gasteiger partial charge in [-0.3, -0.25) is 28.8 Å². The summed E-state index contributed by atoms with van der Waals surface area (Å²) in [7, 11) is 0. The molecule has 0 bridgehead atoms.